The zero-order chi connectivity index (χ0) is 19.8. The van der Waals surface area contributed by atoms with Gasteiger partial charge in [0.1, 0.15) is 0 Å². The number of thioether (sulfide) groups is 1. The van der Waals surface area contributed by atoms with Gasteiger partial charge in [0, 0.05) is 21.7 Å². The molecule has 0 aromatic heterocycles. The van der Waals surface area contributed by atoms with E-state index >= 15 is 0 Å². The molecule has 1 heterocycles. The molecular formula is C21H23NO3S2. The zero-order valence-electron chi connectivity index (χ0n) is 15.6. The molecule has 3 rings (SSSR count). The minimum Gasteiger partial charge on any atom is -0.358 e. The molecule has 0 unspecified atom stereocenters. The molecule has 0 amide bonds. The highest BCUT2D eigenvalue weighted by atomic mass is 32.2. The summed E-state index contributed by atoms with van der Waals surface area (Å²) < 4.78 is 33.3. The predicted octanol–water partition coefficient (Wildman–Crippen LogP) is 5.53. The average Bonchev–Trinajstić information content (AvgIpc) is 2.85. The van der Waals surface area contributed by atoms with Crippen LogP contribution in [0.15, 0.2) is 70.6 Å². The van der Waals surface area contributed by atoms with E-state index < -0.39 is 10.1 Å². The summed E-state index contributed by atoms with van der Waals surface area (Å²) >= 11 is 1.57. The van der Waals surface area contributed by atoms with Crippen molar-refractivity contribution < 1.29 is 13.0 Å². The van der Waals surface area contributed by atoms with E-state index in [0.29, 0.717) is 0 Å². The molecule has 27 heavy (non-hydrogen) atoms. The van der Waals surface area contributed by atoms with Gasteiger partial charge in [0.15, 0.2) is 0 Å². The highest BCUT2D eigenvalue weighted by Gasteiger charge is 2.36. The van der Waals surface area contributed by atoms with Crippen molar-refractivity contribution in [3.8, 4) is 0 Å². The Kier molecular flexibility index (Phi) is 5.25. The monoisotopic (exact) mass is 401 g/mol. The van der Waals surface area contributed by atoms with Crippen molar-refractivity contribution in [2.24, 2.45) is 0 Å². The molecule has 142 valence electrons. The molecule has 2 N–H and O–H groups in total. The van der Waals surface area contributed by atoms with E-state index in [2.05, 4.69) is 25.7 Å². The lowest BCUT2D eigenvalue weighted by atomic mass is 9.81. The van der Waals surface area contributed by atoms with Crippen LogP contribution in [0.2, 0.25) is 0 Å². The van der Waals surface area contributed by atoms with Gasteiger partial charge in [-0.2, -0.15) is 8.42 Å². The van der Waals surface area contributed by atoms with Crippen molar-refractivity contribution in [2.45, 2.75) is 36.0 Å². The molecule has 0 saturated carbocycles. The third kappa shape index (κ3) is 3.57. The SMILES string of the molecule is C=C/C=C/C=C1\Nc2ccc3c(SCC)cc(S(=O)(=O)O)cc3c2C1(C)C. The van der Waals surface area contributed by atoms with E-state index in [9.17, 15) is 13.0 Å². The highest BCUT2D eigenvalue weighted by molar-refractivity contribution is 7.99. The Morgan fingerprint density at radius 2 is 1.96 bits per heavy atom. The molecule has 0 aliphatic carbocycles. The number of fused-ring (bicyclic) bond motifs is 3. The lowest BCUT2D eigenvalue weighted by molar-refractivity contribution is 0.483. The normalized spacial score (nSPS) is 17.4. The van der Waals surface area contributed by atoms with E-state index in [1.54, 1.807) is 30.0 Å². The lowest BCUT2D eigenvalue weighted by Gasteiger charge is -2.22. The third-order valence-corrected chi connectivity index (χ3v) is 6.52. The number of hydrogen-bond donors (Lipinski definition) is 2. The number of anilines is 1. The largest absolute Gasteiger partial charge is 0.358 e. The molecule has 1 aliphatic rings. The smallest absolute Gasteiger partial charge is 0.294 e. The van der Waals surface area contributed by atoms with Gasteiger partial charge in [-0.1, -0.05) is 51.6 Å². The number of allylic oxidation sites excluding steroid dienone is 5. The van der Waals surface area contributed by atoms with Crippen molar-refractivity contribution in [1.29, 1.82) is 0 Å². The fourth-order valence-corrected chi connectivity index (χ4v) is 4.96. The third-order valence-electron chi connectivity index (χ3n) is 4.75. The van der Waals surface area contributed by atoms with Crippen molar-refractivity contribution in [3.63, 3.8) is 0 Å². The Morgan fingerprint density at radius 1 is 1.22 bits per heavy atom. The van der Waals surface area contributed by atoms with Gasteiger partial charge >= 0.3 is 0 Å². The fourth-order valence-electron chi connectivity index (χ4n) is 3.49. The number of benzene rings is 2. The van der Waals surface area contributed by atoms with E-state index in [1.807, 2.05) is 37.3 Å². The first kappa shape index (κ1) is 19.7. The standard InChI is InChI=1S/C21H23NO3S2/c1-5-7-8-9-19-21(3,4)20-16-12-14(27(23,24)25)13-18(26-6-2)15(16)10-11-17(20)22-19/h5,7-13,22H,1,6H2,2-4H3,(H,23,24,25)/b8-7+,19-9-. The number of nitrogens with one attached hydrogen (secondary N) is 1. The summed E-state index contributed by atoms with van der Waals surface area (Å²) in [7, 11) is -4.29. The molecule has 0 radical (unpaired) electrons. The molecule has 0 fully saturated rings. The van der Waals surface area contributed by atoms with Crippen molar-refractivity contribution in [3.05, 3.63) is 66.4 Å². The molecule has 6 heteroatoms. The van der Waals surface area contributed by atoms with Crippen LogP contribution in [-0.2, 0) is 15.5 Å². The van der Waals surface area contributed by atoms with Crippen LogP contribution in [0.3, 0.4) is 0 Å². The quantitative estimate of drug-likeness (QED) is 0.392. The van der Waals surface area contributed by atoms with Gasteiger partial charge in [-0.15, -0.1) is 11.8 Å². The van der Waals surface area contributed by atoms with Crippen LogP contribution in [0.5, 0.6) is 0 Å². The Hall–Kier alpha value is -2.02. The minimum atomic E-state index is -4.29. The summed E-state index contributed by atoms with van der Waals surface area (Å²) in [4.78, 5) is 0.782. The molecule has 2 aromatic carbocycles. The maximum absolute atomic E-state index is 11.8. The van der Waals surface area contributed by atoms with Crippen LogP contribution in [0.1, 0.15) is 26.3 Å². The van der Waals surface area contributed by atoms with Gasteiger partial charge in [0.2, 0.25) is 0 Å². The molecular weight excluding hydrogens is 378 g/mol. The Labute approximate surface area is 164 Å². The molecule has 0 saturated heterocycles. The summed E-state index contributed by atoms with van der Waals surface area (Å²) in [5.41, 5.74) is 2.66. The van der Waals surface area contributed by atoms with Crippen LogP contribution in [0, 0.1) is 0 Å². The Bertz CT molecular complexity index is 1080. The van der Waals surface area contributed by atoms with Crippen molar-refractivity contribution in [2.75, 3.05) is 11.1 Å². The first-order chi connectivity index (χ1) is 12.7. The Balaban J connectivity index is 2.33. The number of rotatable bonds is 5. The Morgan fingerprint density at radius 3 is 2.59 bits per heavy atom. The van der Waals surface area contributed by atoms with E-state index in [-0.39, 0.29) is 10.3 Å². The predicted molar refractivity (Wildman–Crippen MR) is 114 cm³/mol. The second-order valence-electron chi connectivity index (χ2n) is 6.86. The number of hydrogen-bond acceptors (Lipinski definition) is 4. The van der Waals surface area contributed by atoms with Crippen molar-refractivity contribution >= 4 is 38.3 Å². The molecule has 1 aliphatic heterocycles. The van der Waals surface area contributed by atoms with E-state index in [0.717, 1.165) is 38.4 Å². The molecule has 0 atom stereocenters. The zero-order valence-corrected chi connectivity index (χ0v) is 17.2. The maximum atomic E-state index is 11.8. The van der Waals surface area contributed by atoms with Gasteiger partial charge in [-0.05, 0) is 46.4 Å². The first-order valence-electron chi connectivity index (χ1n) is 8.68. The van der Waals surface area contributed by atoms with Gasteiger partial charge in [0.25, 0.3) is 10.1 Å². The second-order valence-corrected chi connectivity index (χ2v) is 9.59. The lowest BCUT2D eigenvalue weighted by Crippen LogP contribution is -2.17. The average molecular weight is 402 g/mol. The summed E-state index contributed by atoms with van der Waals surface area (Å²) in [6.07, 6.45) is 7.50. The summed E-state index contributed by atoms with van der Waals surface area (Å²) in [5, 5.41) is 5.27. The van der Waals surface area contributed by atoms with Crippen LogP contribution < -0.4 is 5.32 Å². The van der Waals surface area contributed by atoms with Gasteiger partial charge < -0.3 is 5.32 Å². The van der Waals surface area contributed by atoms with E-state index in [1.165, 1.54) is 0 Å². The van der Waals surface area contributed by atoms with Gasteiger partial charge in [0.05, 0.1) is 4.90 Å². The summed E-state index contributed by atoms with van der Waals surface area (Å²) in [6.45, 7) is 9.90. The van der Waals surface area contributed by atoms with Crippen molar-refractivity contribution in [1.82, 2.24) is 0 Å². The molecule has 4 nitrogen and oxygen atoms in total. The molecule has 2 aromatic rings. The van der Waals surface area contributed by atoms with Crippen LogP contribution >= 0.6 is 11.8 Å². The molecule has 0 bridgehead atoms. The topological polar surface area (TPSA) is 66.4 Å². The van der Waals surface area contributed by atoms with Gasteiger partial charge in [-0.3, -0.25) is 4.55 Å². The second kappa shape index (κ2) is 7.19. The molecule has 0 spiro atoms. The van der Waals surface area contributed by atoms with Gasteiger partial charge in [-0.25, -0.2) is 0 Å². The highest BCUT2D eigenvalue weighted by Crippen LogP contribution is 2.48. The van der Waals surface area contributed by atoms with Crippen LogP contribution in [0.4, 0.5) is 5.69 Å². The summed E-state index contributed by atoms with van der Waals surface area (Å²) in [6, 6.07) is 7.17. The minimum absolute atomic E-state index is 0.0702. The summed E-state index contributed by atoms with van der Waals surface area (Å²) in [5.74, 6) is 0.806. The maximum Gasteiger partial charge on any atom is 0.294 e. The van der Waals surface area contributed by atoms with Crippen LogP contribution in [0.25, 0.3) is 10.8 Å². The van der Waals surface area contributed by atoms with Crippen LogP contribution in [-0.4, -0.2) is 18.7 Å². The first-order valence-corrected chi connectivity index (χ1v) is 11.1. The fraction of sp³-hybridized carbons (Fsp3) is 0.238. The van der Waals surface area contributed by atoms with E-state index in [4.69, 9.17) is 0 Å².